The summed E-state index contributed by atoms with van der Waals surface area (Å²) in [6.45, 7) is 0.534. The Bertz CT molecular complexity index is 741. The molecule has 0 bridgehead atoms. The number of aliphatic carboxylic acids is 1. The van der Waals surface area contributed by atoms with Gasteiger partial charge in [-0.25, -0.2) is 0 Å². The molecule has 3 N–H and O–H groups in total. The van der Waals surface area contributed by atoms with Crippen LogP contribution in [0.4, 0.5) is 0 Å². The fourth-order valence-corrected chi connectivity index (χ4v) is 3.44. The van der Waals surface area contributed by atoms with E-state index in [0.717, 1.165) is 16.5 Å². The Morgan fingerprint density at radius 3 is 2.83 bits per heavy atom. The van der Waals surface area contributed by atoms with Crippen molar-refractivity contribution in [2.75, 3.05) is 6.54 Å². The van der Waals surface area contributed by atoms with Crippen LogP contribution in [-0.2, 0) is 16.0 Å². The molecule has 1 amide bonds. The fraction of sp³-hybridized carbons (Fsp3) is 0.412. The number of benzene rings is 1. The number of nitrogens with one attached hydrogen (secondary N) is 2. The molecule has 5 nitrogen and oxygen atoms in total. The van der Waals surface area contributed by atoms with Gasteiger partial charge in [0.2, 0.25) is 5.91 Å². The van der Waals surface area contributed by atoms with Crippen LogP contribution in [0.25, 0.3) is 10.9 Å². The number of H-pyrrole nitrogens is 1. The van der Waals surface area contributed by atoms with E-state index in [9.17, 15) is 9.59 Å². The van der Waals surface area contributed by atoms with Crippen molar-refractivity contribution in [1.29, 1.82) is 0 Å². The molecule has 23 heavy (non-hydrogen) atoms. The molecule has 0 saturated heterocycles. The van der Waals surface area contributed by atoms with Gasteiger partial charge in [-0.1, -0.05) is 11.6 Å². The van der Waals surface area contributed by atoms with Gasteiger partial charge in [-0.15, -0.1) is 0 Å². The van der Waals surface area contributed by atoms with Crippen LogP contribution in [0.2, 0.25) is 5.02 Å². The zero-order valence-electron chi connectivity index (χ0n) is 12.6. The largest absolute Gasteiger partial charge is 0.481 e. The van der Waals surface area contributed by atoms with E-state index in [2.05, 4.69) is 10.3 Å². The van der Waals surface area contributed by atoms with Crippen LogP contribution in [0, 0.1) is 11.8 Å². The summed E-state index contributed by atoms with van der Waals surface area (Å²) >= 11 is 6.03. The summed E-state index contributed by atoms with van der Waals surface area (Å²) in [7, 11) is 0. The number of hydrogen-bond acceptors (Lipinski definition) is 2. The molecule has 0 spiro atoms. The minimum absolute atomic E-state index is 0.0355. The van der Waals surface area contributed by atoms with Crippen LogP contribution < -0.4 is 5.32 Å². The highest BCUT2D eigenvalue weighted by molar-refractivity contribution is 6.31. The lowest BCUT2D eigenvalue weighted by molar-refractivity contribution is -0.141. The summed E-state index contributed by atoms with van der Waals surface area (Å²) in [5.41, 5.74) is 2.13. The van der Waals surface area contributed by atoms with Crippen LogP contribution >= 0.6 is 11.6 Å². The minimum atomic E-state index is -0.795. The van der Waals surface area contributed by atoms with E-state index in [4.69, 9.17) is 16.7 Å². The number of carboxylic acids is 1. The van der Waals surface area contributed by atoms with Crippen LogP contribution in [0.3, 0.4) is 0 Å². The van der Waals surface area contributed by atoms with Gasteiger partial charge in [0.15, 0.2) is 0 Å². The summed E-state index contributed by atoms with van der Waals surface area (Å²) < 4.78 is 0. The molecule has 0 radical (unpaired) electrons. The second kappa shape index (κ2) is 6.62. The average molecular weight is 335 g/mol. The normalized spacial score (nSPS) is 20.7. The zero-order valence-corrected chi connectivity index (χ0v) is 13.4. The lowest BCUT2D eigenvalue weighted by atomic mass is 10.0. The Hall–Kier alpha value is -2.01. The van der Waals surface area contributed by atoms with Crippen LogP contribution in [0.15, 0.2) is 24.4 Å². The molecule has 1 aromatic carbocycles. The first-order valence-electron chi connectivity index (χ1n) is 7.80. The molecule has 2 atom stereocenters. The van der Waals surface area contributed by atoms with E-state index in [1.165, 1.54) is 0 Å². The van der Waals surface area contributed by atoms with Gasteiger partial charge in [-0.3, -0.25) is 9.59 Å². The maximum absolute atomic E-state index is 12.1. The van der Waals surface area contributed by atoms with Crippen molar-refractivity contribution in [3.05, 3.63) is 35.0 Å². The molecule has 1 aliphatic rings. The molecule has 1 fully saturated rings. The fourth-order valence-electron chi connectivity index (χ4n) is 3.27. The van der Waals surface area contributed by atoms with Gasteiger partial charge < -0.3 is 15.4 Å². The molecule has 1 heterocycles. The van der Waals surface area contributed by atoms with E-state index in [-0.39, 0.29) is 17.7 Å². The molecule has 3 rings (SSSR count). The van der Waals surface area contributed by atoms with Gasteiger partial charge in [0.05, 0.1) is 5.92 Å². The molecule has 1 aliphatic carbocycles. The number of halogens is 1. The Labute approximate surface area is 139 Å². The Balaban J connectivity index is 1.54. The first kappa shape index (κ1) is 15.9. The van der Waals surface area contributed by atoms with Gasteiger partial charge in [-0.05, 0) is 49.4 Å². The van der Waals surface area contributed by atoms with Crippen molar-refractivity contribution >= 4 is 34.4 Å². The van der Waals surface area contributed by atoms with Crippen molar-refractivity contribution in [2.45, 2.75) is 25.7 Å². The van der Waals surface area contributed by atoms with Crippen molar-refractivity contribution in [3.8, 4) is 0 Å². The van der Waals surface area contributed by atoms with Crippen molar-refractivity contribution < 1.29 is 14.7 Å². The zero-order chi connectivity index (χ0) is 16.4. The van der Waals surface area contributed by atoms with Gasteiger partial charge in [0.1, 0.15) is 0 Å². The highest BCUT2D eigenvalue weighted by Gasteiger charge is 2.33. The molecule has 6 heteroatoms. The first-order chi connectivity index (χ1) is 11.0. The van der Waals surface area contributed by atoms with Crippen LogP contribution in [-0.4, -0.2) is 28.5 Å². The third kappa shape index (κ3) is 3.50. The van der Waals surface area contributed by atoms with Crippen LogP contribution in [0.1, 0.15) is 24.8 Å². The molecule has 1 aromatic heterocycles. The molecule has 122 valence electrons. The predicted octanol–water partition coefficient (Wildman–Crippen LogP) is 2.98. The number of rotatable bonds is 5. The number of aromatic nitrogens is 1. The molecule has 2 aromatic rings. The highest BCUT2D eigenvalue weighted by atomic mass is 35.5. The van der Waals surface area contributed by atoms with E-state index < -0.39 is 5.97 Å². The van der Waals surface area contributed by atoms with E-state index in [1.54, 1.807) is 0 Å². The number of amides is 1. The van der Waals surface area contributed by atoms with E-state index in [0.29, 0.717) is 37.3 Å². The highest BCUT2D eigenvalue weighted by Crippen LogP contribution is 2.31. The van der Waals surface area contributed by atoms with Gasteiger partial charge >= 0.3 is 5.97 Å². The smallest absolute Gasteiger partial charge is 0.306 e. The molecular formula is C17H19ClN2O3. The summed E-state index contributed by atoms with van der Waals surface area (Å²) in [5, 5.41) is 13.7. The van der Waals surface area contributed by atoms with E-state index >= 15 is 0 Å². The third-order valence-corrected chi connectivity index (χ3v) is 4.81. The summed E-state index contributed by atoms with van der Waals surface area (Å²) in [6.07, 6.45) is 4.34. The molecule has 0 aliphatic heterocycles. The lowest BCUT2D eigenvalue weighted by Crippen LogP contribution is -2.31. The standard InChI is InChI=1S/C17H19ClN2O3/c18-13-3-4-15-14(8-13)12(9-20-15)5-6-19-16(21)10-1-2-11(7-10)17(22)23/h3-4,8-11,20H,1-2,5-7H2,(H,19,21)(H,22,23)/t10-,11+/m0/s1. The first-order valence-corrected chi connectivity index (χ1v) is 8.18. The quantitative estimate of drug-likeness (QED) is 0.786. The Morgan fingerprint density at radius 1 is 1.30 bits per heavy atom. The van der Waals surface area contributed by atoms with Crippen molar-refractivity contribution in [1.82, 2.24) is 10.3 Å². The second-order valence-corrected chi connectivity index (χ2v) is 6.53. The number of aromatic amines is 1. The minimum Gasteiger partial charge on any atom is -0.481 e. The number of fused-ring (bicyclic) bond motifs is 1. The average Bonchev–Trinajstić information content (AvgIpc) is 3.14. The number of carbonyl (C=O) groups is 2. The molecular weight excluding hydrogens is 316 g/mol. The lowest BCUT2D eigenvalue weighted by Gasteiger charge is -2.10. The number of carboxylic acid groups (broad SMARTS) is 1. The number of carbonyl (C=O) groups excluding carboxylic acids is 1. The van der Waals surface area contributed by atoms with E-state index in [1.807, 2.05) is 24.4 Å². The predicted molar refractivity (Wildman–Crippen MR) is 88.5 cm³/mol. The Morgan fingerprint density at radius 2 is 2.09 bits per heavy atom. The van der Waals surface area contributed by atoms with Gasteiger partial charge in [0, 0.05) is 34.6 Å². The summed E-state index contributed by atoms with van der Waals surface area (Å²) in [4.78, 5) is 26.3. The molecule has 0 unspecified atom stereocenters. The maximum atomic E-state index is 12.1. The second-order valence-electron chi connectivity index (χ2n) is 6.09. The number of hydrogen-bond donors (Lipinski definition) is 3. The summed E-state index contributed by atoms with van der Waals surface area (Å²) in [5.74, 6) is -1.38. The SMILES string of the molecule is O=C(O)[C@@H]1CC[C@H](C(=O)NCCc2c[nH]c3ccc(Cl)cc23)C1. The van der Waals surface area contributed by atoms with Gasteiger partial charge in [-0.2, -0.15) is 0 Å². The molecule has 1 saturated carbocycles. The van der Waals surface area contributed by atoms with Crippen LogP contribution in [0.5, 0.6) is 0 Å². The Kier molecular flexibility index (Phi) is 4.57. The monoisotopic (exact) mass is 334 g/mol. The van der Waals surface area contributed by atoms with Gasteiger partial charge in [0.25, 0.3) is 0 Å². The topological polar surface area (TPSA) is 82.2 Å². The van der Waals surface area contributed by atoms with Crippen molar-refractivity contribution in [2.24, 2.45) is 11.8 Å². The summed E-state index contributed by atoms with van der Waals surface area (Å²) in [6, 6.07) is 5.69. The maximum Gasteiger partial charge on any atom is 0.306 e. The van der Waals surface area contributed by atoms with Crippen molar-refractivity contribution in [3.63, 3.8) is 0 Å². The third-order valence-electron chi connectivity index (χ3n) is 4.58.